The maximum absolute atomic E-state index is 12.4. The van der Waals surface area contributed by atoms with Crippen molar-refractivity contribution in [3.8, 4) is 0 Å². The van der Waals surface area contributed by atoms with Crippen molar-refractivity contribution in [3.05, 3.63) is 35.9 Å². The van der Waals surface area contributed by atoms with Crippen molar-refractivity contribution in [1.29, 1.82) is 0 Å². The first kappa shape index (κ1) is 18.7. The van der Waals surface area contributed by atoms with E-state index < -0.39 is 9.84 Å². The molecule has 0 N–H and O–H groups in total. The summed E-state index contributed by atoms with van der Waals surface area (Å²) >= 11 is 0. The third-order valence-corrected chi connectivity index (χ3v) is 6.04. The molecule has 1 aromatic rings. The predicted octanol–water partition coefficient (Wildman–Crippen LogP) is 2.85. The van der Waals surface area contributed by atoms with Gasteiger partial charge in [-0.3, -0.25) is 4.79 Å². The Hall–Kier alpha value is -1.36. The Morgan fingerprint density at radius 1 is 1.18 bits per heavy atom. The number of carbonyl (C=O) groups is 1. The molecule has 22 heavy (non-hydrogen) atoms. The van der Waals surface area contributed by atoms with Gasteiger partial charge in [-0.05, 0) is 24.8 Å². The quantitative estimate of drug-likeness (QED) is 0.738. The van der Waals surface area contributed by atoms with Gasteiger partial charge in [0.15, 0.2) is 9.84 Å². The average molecular weight is 325 g/mol. The van der Waals surface area contributed by atoms with Crippen LogP contribution in [0, 0.1) is 0 Å². The van der Waals surface area contributed by atoms with Crippen LogP contribution in [-0.2, 0) is 14.6 Å². The molecular formula is C17H27NO3S. The monoisotopic (exact) mass is 325 g/mol. The number of hydrogen-bond donors (Lipinski definition) is 0. The normalized spacial score (nSPS) is 14.4. The molecule has 4 nitrogen and oxygen atoms in total. The van der Waals surface area contributed by atoms with Crippen molar-refractivity contribution in [2.24, 2.45) is 0 Å². The third-order valence-electron chi connectivity index (χ3n) is 4.17. The predicted molar refractivity (Wildman–Crippen MR) is 90.7 cm³/mol. The highest BCUT2D eigenvalue weighted by Crippen LogP contribution is 2.24. The van der Waals surface area contributed by atoms with Crippen LogP contribution in [0.15, 0.2) is 30.3 Å². The highest BCUT2D eigenvalue weighted by molar-refractivity contribution is 7.91. The third kappa shape index (κ3) is 5.44. The molecular weight excluding hydrogens is 298 g/mol. The van der Waals surface area contributed by atoms with Crippen molar-refractivity contribution in [1.82, 2.24) is 4.90 Å². The topological polar surface area (TPSA) is 54.5 Å². The summed E-state index contributed by atoms with van der Waals surface area (Å²) in [6.45, 7) is 5.48. The zero-order valence-corrected chi connectivity index (χ0v) is 14.8. The summed E-state index contributed by atoms with van der Waals surface area (Å²) in [6.07, 6.45) is 1.29. The fraction of sp³-hybridized carbons (Fsp3) is 0.588. The van der Waals surface area contributed by atoms with Crippen LogP contribution in [0.4, 0.5) is 0 Å². The van der Waals surface area contributed by atoms with E-state index >= 15 is 0 Å². The molecule has 0 aliphatic carbocycles. The van der Waals surface area contributed by atoms with Gasteiger partial charge in [0.1, 0.15) is 0 Å². The Morgan fingerprint density at radius 2 is 1.77 bits per heavy atom. The number of rotatable bonds is 8. The molecule has 1 amide bonds. The van der Waals surface area contributed by atoms with Crippen molar-refractivity contribution in [2.45, 2.75) is 45.6 Å². The van der Waals surface area contributed by atoms with Gasteiger partial charge in [-0.2, -0.15) is 0 Å². The van der Waals surface area contributed by atoms with Crippen molar-refractivity contribution in [2.75, 3.05) is 18.6 Å². The molecule has 0 aromatic heterocycles. The Labute approximate surface area is 134 Å². The largest absolute Gasteiger partial charge is 0.342 e. The number of hydrogen-bond acceptors (Lipinski definition) is 3. The Balaban J connectivity index is 2.70. The van der Waals surface area contributed by atoms with Gasteiger partial charge in [-0.25, -0.2) is 8.42 Å². The minimum atomic E-state index is -3.08. The molecule has 124 valence electrons. The van der Waals surface area contributed by atoms with Gasteiger partial charge >= 0.3 is 0 Å². The highest BCUT2D eigenvalue weighted by Gasteiger charge is 2.23. The second-order valence-corrected chi connectivity index (χ2v) is 8.17. The van der Waals surface area contributed by atoms with E-state index in [2.05, 4.69) is 6.92 Å². The Kier molecular flexibility index (Phi) is 7.07. The molecule has 0 aliphatic rings. The number of benzene rings is 1. The lowest BCUT2D eigenvalue weighted by atomic mass is 9.92. The minimum absolute atomic E-state index is 0.00509. The molecule has 1 aromatic carbocycles. The van der Waals surface area contributed by atoms with Crippen molar-refractivity contribution >= 4 is 15.7 Å². The first-order valence-electron chi connectivity index (χ1n) is 7.81. The van der Waals surface area contributed by atoms with E-state index in [9.17, 15) is 13.2 Å². The lowest BCUT2D eigenvalue weighted by Gasteiger charge is -2.26. The van der Waals surface area contributed by atoms with Gasteiger partial charge in [-0.15, -0.1) is 0 Å². The number of sulfone groups is 1. The zero-order chi connectivity index (χ0) is 16.8. The SMILES string of the molecule is CCC(CC(=O)N(C)C(C)CS(=O)(=O)CC)c1ccccc1. The maximum Gasteiger partial charge on any atom is 0.223 e. The van der Waals surface area contributed by atoms with Gasteiger partial charge < -0.3 is 4.90 Å². The molecule has 0 spiro atoms. The first-order chi connectivity index (χ1) is 10.3. The van der Waals surface area contributed by atoms with Crippen LogP contribution in [0.1, 0.15) is 45.1 Å². The summed E-state index contributed by atoms with van der Waals surface area (Å²) in [7, 11) is -1.39. The van der Waals surface area contributed by atoms with Crippen LogP contribution < -0.4 is 0 Å². The summed E-state index contributed by atoms with van der Waals surface area (Å²) in [5.41, 5.74) is 1.15. The number of nitrogens with zero attached hydrogens (tertiary/aromatic N) is 1. The van der Waals surface area contributed by atoms with Gasteiger partial charge in [0, 0.05) is 25.3 Å². The fourth-order valence-corrected chi connectivity index (χ4v) is 3.62. The van der Waals surface area contributed by atoms with Gasteiger partial charge in [0.25, 0.3) is 0 Å². The smallest absolute Gasteiger partial charge is 0.223 e. The Bertz CT molecular complexity index is 569. The lowest BCUT2D eigenvalue weighted by molar-refractivity contribution is -0.131. The summed E-state index contributed by atoms with van der Waals surface area (Å²) in [5.74, 6) is 0.301. The molecule has 5 heteroatoms. The van der Waals surface area contributed by atoms with Crippen LogP contribution in [0.5, 0.6) is 0 Å². The molecule has 0 radical (unpaired) electrons. The van der Waals surface area contributed by atoms with Crippen LogP contribution >= 0.6 is 0 Å². The van der Waals surface area contributed by atoms with Crippen LogP contribution in [0.3, 0.4) is 0 Å². The van der Waals surface area contributed by atoms with Crippen molar-refractivity contribution in [3.63, 3.8) is 0 Å². The average Bonchev–Trinajstić information content (AvgIpc) is 2.51. The number of carbonyl (C=O) groups excluding carboxylic acids is 1. The molecule has 0 saturated heterocycles. The van der Waals surface area contributed by atoms with Crippen molar-refractivity contribution < 1.29 is 13.2 Å². The summed E-state index contributed by atoms with van der Waals surface area (Å²) in [6, 6.07) is 9.68. The molecule has 2 unspecified atom stereocenters. The van der Waals surface area contributed by atoms with E-state index in [0.29, 0.717) is 6.42 Å². The van der Waals surface area contributed by atoms with Crippen LogP contribution in [0.2, 0.25) is 0 Å². The van der Waals surface area contributed by atoms with Crippen LogP contribution in [0.25, 0.3) is 0 Å². The minimum Gasteiger partial charge on any atom is -0.342 e. The molecule has 0 heterocycles. The standard InChI is InChI=1S/C17H27NO3S/c1-5-15(16-10-8-7-9-11-16)12-17(19)18(4)14(3)13-22(20,21)6-2/h7-11,14-15H,5-6,12-13H2,1-4H3. The second kappa shape index (κ2) is 8.32. The zero-order valence-electron chi connectivity index (χ0n) is 14.0. The fourth-order valence-electron chi connectivity index (χ4n) is 2.42. The van der Waals surface area contributed by atoms with Gasteiger partial charge in [0.2, 0.25) is 5.91 Å². The highest BCUT2D eigenvalue weighted by atomic mass is 32.2. The van der Waals surface area contributed by atoms with E-state index in [1.54, 1.807) is 25.8 Å². The molecule has 0 saturated carbocycles. The van der Waals surface area contributed by atoms with E-state index in [4.69, 9.17) is 0 Å². The van der Waals surface area contributed by atoms with E-state index in [1.807, 2.05) is 30.3 Å². The summed E-state index contributed by atoms with van der Waals surface area (Å²) < 4.78 is 23.4. The number of amides is 1. The molecule has 0 fully saturated rings. The molecule has 0 bridgehead atoms. The Morgan fingerprint density at radius 3 is 2.27 bits per heavy atom. The lowest BCUT2D eigenvalue weighted by Crippen LogP contribution is -2.40. The summed E-state index contributed by atoms with van der Waals surface area (Å²) in [5, 5.41) is 0. The first-order valence-corrected chi connectivity index (χ1v) is 9.63. The summed E-state index contributed by atoms with van der Waals surface area (Å²) in [4.78, 5) is 14.0. The molecule has 2 atom stereocenters. The van der Waals surface area contributed by atoms with E-state index in [1.165, 1.54) is 0 Å². The van der Waals surface area contributed by atoms with E-state index in [-0.39, 0.29) is 29.4 Å². The van der Waals surface area contributed by atoms with E-state index in [0.717, 1.165) is 12.0 Å². The second-order valence-electron chi connectivity index (χ2n) is 5.77. The van der Waals surface area contributed by atoms with Gasteiger partial charge in [-0.1, -0.05) is 44.2 Å². The molecule has 0 aliphatic heterocycles. The maximum atomic E-state index is 12.4. The van der Waals surface area contributed by atoms with Gasteiger partial charge in [0.05, 0.1) is 5.75 Å². The van der Waals surface area contributed by atoms with Crippen LogP contribution in [-0.4, -0.2) is 43.8 Å². The molecule has 1 rings (SSSR count).